The van der Waals surface area contributed by atoms with Gasteiger partial charge in [0.1, 0.15) is 5.75 Å². The SMILES string of the molecule is CNC1CCCN(CCCOc2ccc3c(c2)OCO3)C1. The molecular formula is C16H24N2O3. The maximum Gasteiger partial charge on any atom is 0.231 e. The van der Waals surface area contributed by atoms with Crippen LogP contribution in [0.25, 0.3) is 0 Å². The van der Waals surface area contributed by atoms with Crippen LogP contribution in [0.1, 0.15) is 19.3 Å². The summed E-state index contributed by atoms with van der Waals surface area (Å²) in [5, 5.41) is 3.38. The topological polar surface area (TPSA) is 43.0 Å². The van der Waals surface area contributed by atoms with Crippen molar-refractivity contribution in [2.75, 3.05) is 40.1 Å². The van der Waals surface area contributed by atoms with Crippen molar-refractivity contribution >= 4 is 0 Å². The Kier molecular flexibility index (Phi) is 4.83. The van der Waals surface area contributed by atoms with Gasteiger partial charge in [0, 0.05) is 25.2 Å². The van der Waals surface area contributed by atoms with Crippen molar-refractivity contribution in [2.24, 2.45) is 0 Å². The Hall–Kier alpha value is -1.46. The summed E-state index contributed by atoms with van der Waals surface area (Å²) in [7, 11) is 2.05. The van der Waals surface area contributed by atoms with Gasteiger partial charge in [-0.25, -0.2) is 0 Å². The van der Waals surface area contributed by atoms with Crippen LogP contribution in [-0.2, 0) is 0 Å². The molecule has 0 spiro atoms. The molecular weight excluding hydrogens is 268 g/mol. The van der Waals surface area contributed by atoms with Crippen LogP contribution in [0.2, 0.25) is 0 Å². The van der Waals surface area contributed by atoms with Gasteiger partial charge >= 0.3 is 0 Å². The fourth-order valence-electron chi connectivity index (χ4n) is 2.94. The van der Waals surface area contributed by atoms with Gasteiger partial charge in [-0.1, -0.05) is 0 Å². The molecule has 0 bridgehead atoms. The Morgan fingerprint density at radius 1 is 1.33 bits per heavy atom. The molecule has 0 radical (unpaired) electrons. The lowest BCUT2D eigenvalue weighted by atomic mass is 10.1. The molecule has 0 saturated carbocycles. The molecule has 5 nitrogen and oxygen atoms in total. The zero-order valence-corrected chi connectivity index (χ0v) is 12.6. The normalized spacial score (nSPS) is 21.5. The number of ether oxygens (including phenoxy) is 3. The molecule has 2 aliphatic rings. The lowest BCUT2D eigenvalue weighted by Crippen LogP contribution is -2.44. The summed E-state index contributed by atoms with van der Waals surface area (Å²) < 4.78 is 16.4. The Labute approximate surface area is 126 Å². The zero-order chi connectivity index (χ0) is 14.5. The van der Waals surface area contributed by atoms with Gasteiger partial charge in [-0.15, -0.1) is 0 Å². The largest absolute Gasteiger partial charge is 0.493 e. The lowest BCUT2D eigenvalue weighted by molar-refractivity contribution is 0.173. The molecule has 0 aliphatic carbocycles. The van der Waals surface area contributed by atoms with Crippen molar-refractivity contribution in [3.05, 3.63) is 18.2 Å². The monoisotopic (exact) mass is 292 g/mol. The first kappa shape index (κ1) is 14.5. The Morgan fingerprint density at radius 3 is 3.14 bits per heavy atom. The molecule has 0 aromatic heterocycles. The molecule has 21 heavy (non-hydrogen) atoms. The van der Waals surface area contributed by atoms with Crippen LogP contribution in [-0.4, -0.2) is 51.0 Å². The third kappa shape index (κ3) is 3.80. The first-order valence-corrected chi connectivity index (χ1v) is 7.77. The highest BCUT2D eigenvalue weighted by atomic mass is 16.7. The van der Waals surface area contributed by atoms with Crippen LogP contribution < -0.4 is 19.5 Å². The van der Waals surface area contributed by atoms with E-state index in [2.05, 4.69) is 17.3 Å². The first-order chi connectivity index (χ1) is 10.3. The quantitative estimate of drug-likeness (QED) is 0.811. The van der Waals surface area contributed by atoms with E-state index in [4.69, 9.17) is 14.2 Å². The number of likely N-dealkylation sites (tertiary alicyclic amines) is 1. The second-order valence-electron chi connectivity index (χ2n) is 5.65. The number of piperidine rings is 1. The summed E-state index contributed by atoms with van der Waals surface area (Å²) in [5.74, 6) is 2.43. The van der Waals surface area contributed by atoms with E-state index >= 15 is 0 Å². The summed E-state index contributed by atoms with van der Waals surface area (Å²) in [4.78, 5) is 2.52. The highest BCUT2D eigenvalue weighted by molar-refractivity contribution is 5.46. The van der Waals surface area contributed by atoms with Gasteiger partial charge in [0.05, 0.1) is 6.61 Å². The molecule has 1 fully saturated rings. The van der Waals surface area contributed by atoms with Crippen molar-refractivity contribution in [3.8, 4) is 17.2 Å². The summed E-state index contributed by atoms with van der Waals surface area (Å²) in [5.41, 5.74) is 0. The van der Waals surface area contributed by atoms with Gasteiger partial charge in [-0.05, 0) is 45.0 Å². The maximum absolute atomic E-state index is 5.80. The van der Waals surface area contributed by atoms with Gasteiger partial charge in [0.25, 0.3) is 0 Å². The summed E-state index contributed by atoms with van der Waals surface area (Å²) in [6.45, 7) is 4.51. The van der Waals surface area contributed by atoms with Crippen LogP contribution in [0.5, 0.6) is 17.2 Å². The molecule has 1 aromatic carbocycles. The van der Waals surface area contributed by atoms with Crippen molar-refractivity contribution in [2.45, 2.75) is 25.3 Å². The van der Waals surface area contributed by atoms with Gasteiger partial charge in [-0.2, -0.15) is 0 Å². The van der Waals surface area contributed by atoms with E-state index in [0.29, 0.717) is 12.8 Å². The molecule has 2 heterocycles. The summed E-state index contributed by atoms with van der Waals surface area (Å²) in [6.07, 6.45) is 3.63. The number of rotatable bonds is 6. The highest BCUT2D eigenvalue weighted by Crippen LogP contribution is 2.35. The molecule has 2 aliphatic heterocycles. The summed E-state index contributed by atoms with van der Waals surface area (Å²) in [6, 6.07) is 6.39. The average molecular weight is 292 g/mol. The van der Waals surface area contributed by atoms with E-state index in [1.165, 1.54) is 19.4 Å². The number of hydrogen-bond acceptors (Lipinski definition) is 5. The molecule has 1 unspecified atom stereocenters. The predicted molar refractivity (Wildman–Crippen MR) is 81.2 cm³/mol. The van der Waals surface area contributed by atoms with Crippen LogP contribution >= 0.6 is 0 Å². The lowest BCUT2D eigenvalue weighted by Gasteiger charge is -2.32. The van der Waals surface area contributed by atoms with E-state index in [-0.39, 0.29) is 0 Å². The zero-order valence-electron chi connectivity index (χ0n) is 12.6. The van der Waals surface area contributed by atoms with Crippen LogP contribution in [0.15, 0.2) is 18.2 Å². The standard InChI is InChI=1S/C16H24N2O3/c1-17-13-4-2-7-18(11-13)8-3-9-19-14-5-6-15-16(10-14)21-12-20-15/h5-6,10,13,17H,2-4,7-9,11-12H2,1H3. The van der Waals surface area contributed by atoms with Crippen molar-refractivity contribution in [1.29, 1.82) is 0 Å². The maximum atomic E-state index is 5.80. The van der Waals surface area contributed by atoms with Gasteiger partial charge in [0.15, 0.2) is 11.5 Å². The summed E-state index contributed by atoms with van der Waals surface area (Å²) >= 11 is 0. The first-order valence-electron chi connectivity index (χ1n) is 7.77. The molecule has 1 atom stereocenters. The molecule has 116 valence electrons. The van der Waals surface area contributed by atoms with E-state index in [9.17, 15) is 0 Å². The van der Waals surface area contributed by atoms with Gasteiger partial charge < -0.3 is 24.4 Å². The number of nitrogens with zero attached hydrogens (tertiary/aromatic N) is 1. The third-order valence-electron chi connectivity index (χ3n) is 4.15. The fraction of sp³-hybridized carbons (Fsp3) is 0.625. The van der Waals surface area contributed by atoms with Gasteiger partial charge in [0.2, 0.25) is 6.79 Å². The van der Waals surface area contributed by atoms with E-state index in [0.717, 1.165) is 43.4 Å². The third-order valence-corrected chi connectivity index (χ3v) is 4.15. The number of benzene rings is 1. The number of nitrogens with one attached hydrogen (secondary N) is 1. The predicted octanol–water partition coefficient (Wildman–Crippen LogP) is 1.87. The minimum Gasteiger partial charge on any atom is -0.493 e. The smallest absolute Gasteiger partial charge is 0.231 e. The molecule has 1 N–H and O–H groups in total. The van der Waals surface area contributed by atoms with Crippen LogP contribution in [0.3, 0.4) is 0 Å². The van der Waals surface area contributed by atoms with Crippen molar-refractivity contribution < 1.29 is 14.2 Å². The number of fused-ring (bicyclic) bond motifs is 1. The fourth-order valence-corrected chi connectivity index (χ4v) is 2.94. The number of hydrogen-bond donors (Lipinski definition) is 1. The Balaban J connectivity index is 1.38. The molecule has 5 heteroatoms. The minimum atomic E-state index is 0.306. The van der Waals surface area contributed by atoms with Crippen LogP contribution in [0.4, 0.5) is 0 Å². The Morgan fingerprint density at radius 2 is 2.24 bits per heavy atom. The van der Waals surface area contributed by atoms with E-state index < -0.39 is 0 Å². The molecule has 1 saturated heterocycles. The van der Waals surface area contributed by atoms with E-state index in [1.807, 2.05) is 18.2 Å². The Bertz CT molecular complexity index is 467. The molecule has 0 amide bonds. The molecule has 1 aromatic rings. The number of likely N-dealkylation sites (N-methyl/N-ethyl adjacent to an activating group) is 1. The van der Waals surface area contributed by atoms with Gasteiger partial charge in [-0.3, -0.25) is 0 Å². The average Bonchev–Trinajstić information content (AvgIpc) is 2.99. The second kappa shape index (κ2) is 7.00. The minimum absolute atomic E-state index is 0.306. The highest BCUT2D eigenvalue weighted by Gasteiger charge is 2.18. The van der Waals surface area contributed by atoms with Crippen molar-refractivity contribution in [1.82, 2.24) is 10.2 Å². The van der Waals surface area contributed by atoms with Crippen molar-refractivity contribution in [3.63, 3.8) is 0 Å². The molecule has 3 rings (SSSR count). The van der Waals surface area contributed by atoms with Crippen LogP contribution in [0, 0.1) is 0 Å². The van der Waals surface area contributed by atoms with E-state index in [1.54, 1.807) is 0 Å². The second-order valence-corrected chi connectivity index (χ2v) is 5.65.